The molecule has 0 unspecified atom stereocenters. The molecule has 0 saturated heterocycles. The fourth-order valence-corrected chi connectivity index (χ4v) is 3.97. The van der Waals surface area contributed by atoms with Crippen LogP contribution in [-0.2, 0) is 9.59 Å². The maximum atomic E-state index is 13.0. The molecular weight excluding hydrogens is 450 g/mol. The number of carbonyl (C=O) groups excluding carboxylic acids is 3. The number of carbonyl (C=O) groups is 3. The van der Waals surface area contributed by atoms with Crippen LogP contribution in [0.1, 0.15) is 28.4 Å². The maximum absolute atomic E-state index is 13.0. The van der Waals surface area contributed by atoms with Gasteiger partial charge in [0.2, 0.25) is 0 Å². The molecule has 3 aromatic carbocycles. The largest absolute Gasteiger partial charge is 0.350 e. The zero-order valence-corrected chi connectivity index (χ0v) is 19.9. The van der Waals surface area contributed by atoms with Crippen LogP contribution in [-0.4, -0.2) is 24.3 Å². The van der Waals surface area contributed by atoms with E-state index in [9.17, 15) is 14.4 Å². The van der Waals surface area contributed by atoms with Crippen LogP contribution in [0.15, 0.2) is 83.5 Å². The summed E-state index contributed by atoms with van der Waals surface area (Å²) in [6.45, 7) is 6.31. The monoisotopic (exact) mass is 473 g/mol. The molecule has 1 aliphatic heterocycles. The second kappa shape index (κ2) is 9.53. The summed E-state index contributed by atoms with van der Waals surface area (Å²) in [7, 11) is 0. The lowest BCUT2D eigenvalue weighted by atomic mass is 10.1. The third-order valence-corrected chi connectivity index (χ3v) is 6.16. The molecule has 0 aromatic heterocycles. The maximum Gasteiger partial charge on any atom is 0.283 e. The Morgan fingerprint density at radius 2 is 1.59 bits per heavy atom. The summed E-state index contributed by atoms with van der Waals surface area (Å²) in [5.74, 6) is -1.24. The van der Waals surface area contributed by atoms with Gasteiger partial charge in [-0.2, -0.15) is 0 Å². The number of para-hydroxylation sites is 1. The molecule has 0 aliphatic carbocycles. The molecule has 172 valence electrons. The molecule has 34 heavy (non-hydrogen) atoms. The van der Waals surface area contributed by atoms with Gasteiger partial charge in [0, 0.05) is 23.5 Å². The number of aryl methyl sites for hydroxylation is 2. The van der Waals surface area contributed by atoms with Gasteiger partial charge < -0.3 is 10.2 Å². The standard InChI is InChI=1S/C27H24ClN3O3/c1-4-30(21-8-6-5-7-9-21)25(32)19-11-13-20(14-12-19)29-24-23(28)26(33)31(27(24)34)22-15-10-17(2)18(3)16-22/h5-16,29H,4H2,1-3H3. The van der Waals surface area contributed by atoms with Crippen molar-refractivity contribution < 1.29 is 14.4 Å². The van der Waals surface area contributed by atoms with Crippen molar-refractivity contribution in [1.82, 2.24) is 0 Å². The molecular formula is C27H24ClN3O3. The molecule has 4 rings (SSSR count). The van der Waals surface area contributed by atoms with Crippen LogP contribution in [0.4, 0.5) is 17.1 Å². The van der Waals surface area contributed by atoms with Crippen LogP contribution in [0.25, 0.3) is 0 Å². The smallest absolute Gasteiger partial charge is 0.283 e. The molecule has 7 heteroatoms. The molecule has 0 spiro atoms. The number of anilines is 3. The minimum absolute atomic E-state index is 0.00319. The number of rotatable bonds is 6. The average Bonchev–Trinajstić information content (AvgIpc) is 3.05. The molecule has 1 heterocycles. The third kappa shape index (κ3) is 4.32. The first-order valence-electron chi connectivity index (χ1n) is 10.9. The number of nitrogens with zero attached hydrogens (tertiary/aromatic N) is 2. The quantitative estimate of drug-likeness (QED) is 0.486. The van der Waals surface area contributed by atoms with Crippen molar-refractivity contribution >= 4 is 46.4 Å². The normalized spacial score (nSPS) is 13.5. The van der Waals surface area contributed by atoms with Gasteiger partial charge >= 0.3 is 0 Å². The van der Waals surface area contributed by atoms with Crippen molar-refractivity contribution in [3.8, 4) is 0 Å². The van der Waals surface area contributed by atoms with E-state index in [4.69, 9.17) is 11.6 Å². The van der Waals surface area contributed by atoms with Gasteiger partial charge in [-0.05, 0) is 80.4 Å². The van der Waals surface area contributed by atoms with Crippen LogP contribution in [0.3, 0.4) is 0 Å². The molecule has 3 amide bonds. The fourth-order valence-electron chi connectivity index (χ4n) is 3.76. The minimum atomic E-state index is -0.578. The lowest BCUT2D eigenvalue weighted by Crippen LogP contribution is -2.32. The van der Waals surface area contributed by atoms with Crippen LogP contribution in [0.2, 0.25) is 0 Å². The van der Waals surface area contributed by atoms with Gasteiger partial charge in [-0.1, -0.05) is 35.9 Å². The summed E-state index contributed by atoms with van der Waals surface area (Å²) in [6.07, 6.45) is 0. The lowest BCUT2D eigenvalue weighted by Gasteiger charge is -2.21. The minimum Gasteiger partial charge on any atom is -0.350 e. The van der Waals surface area contributed by atoms with Gasteiger partial charge in [-0.3, -0.25) is 14.4 Å². The van der Waals surface area contributed by atoms with Crippen molar-refractivity contribution in [2.75, 3.05) is 21.7 Å². The Hall–Kier alpha value is -3.90. The summed E-state index contributed by atoms with van der Waals surface area (Å²) < 4.78 is 0. The Labute approximate surface area is 203 Å². The average molecular weight is 474 g/mol. The highest BCUT2D eigenvalue weighted by Gasteiger charge is 2.39. The number of nitrogens with one attached hydrogen (secondary N) is 1. The van der Waals surface area contributed by atoms with Gasteiger partial charge in [0.25, 0.3) is 17.7 Å². The van der Waals surface area contributed by atoms with Gasteiger partial charge in [-0.15, -0.1) is 0 Å². The van der Waals surface area contributed by atoms with Crippen LogP contribution >= 0.6 is 11.6 Å². The van der Waals surface area contributed by atoms with E-state index in [1.54, 1.807) is 41.3 Å². The third-order valence-electron chi connectivity index (χ3n) is 5.81. The molecule has 1 N–H and O–H groups in total. The van der Waals surface area contributed by atoms with Crippen molar-refractivity contribution in [2.24, 2.45) is 0 Å². The molecule has 0 atom stereocenters. The van der Waals surface area contributed by atoms with Crippen molar-refractivity contribution in [3.63, 3.8) is 0 Å². The van der Waals surface area contributed by atoms with Gasteiger partial charge in [0.05, 0.1) is 5.69 Å². The molecule has 0 saturated carbocycles. The number of benzene rings is 3. The Morgan fingerprint density at radius 1 is 0.912 bits per heavy atom. The second-order valence-corrected chi connectivity index (χ2v) is 8.37. The number of imide groups is 1. The first-order chi connectivity index (χ1) is 16.3. The van der Waals surface area contributed by atoms with E-state index in [0.29, 0.717) is 23.5 Å². The van der Waals surface area contributed by atoms with Crippen molar-refractivity contribution in [2.45, 2.75) is 20.8 Å². The van der Waals surface area contributed by atoms with Crippen molar-refractivity contribution in [3.05, 3.63) is 100 Å². The number of hydrogen-bond acceptors (Lipinski definition) is 4. The Kier molecular flexibility index (Phi) is 6.52. The predicted octanol–water partition coefficient (Wildman–Crippen LogP) is 5.41. The first-order valence-corrected chi connectivity index (χ1v) is 11.3. The Bertz CT molecular complexity index is 1300. The van der Waals surface area contributed by atoms with E-state index in [2.05, 4.69) is 5.32 Å². The zero-order valence-electron chi connectivity index (χ0n) is 19.1. The number of amides is 3. The highest BCUT2D eigenvalue weighted by molar-refractivity contribution is 6.53. The van der Waals surface area contributed by atoms with E-state index >= 15 is 0 Å². The molecule has 0 bridgehead atoms. The van der Waals surface area contributed by atoms with E-state index < -0.39 is 11.8 Å². The summed E-state index contributed by atoms with van der Waals surface area (Å²) in [5, 5.41) is 2.77. The van der Waals surface area contributed by atoms with Crippen LogP contribution in [0, 0.1) is 13.8 Å². The van der Waals surface area contributed by atoms with Crippen LogP contribution in [0.5, 0.6) is 0 Å². The van der Waals surface area contributed by atoms with Crippen molar-refractivity contribution in [1.29, 1.82) is 0 Å². The molecule has 0 radical (unpaired) electrons. The predicted molar refractivity (Wildman–Crippen MR) is 135 cm³/mol. The fraction of sp³-hybridized carbons (Fsp3) is 0.148. The van der Waals surface area contributed by atoms with E-state index in [-0.39, 0.29) is 16.6 Å². The zero-order chi connectivity index (χ0) is 24.4. The second-order valence-electron chi connectivity index (χ2n) is 7.99. The highest BCUT2D eigenvalue weighted by atomic mass is 35.5. The van der Waals surface area contributed by atoms with E-state index in [0.717, 1.165) is 21.7 Å². The SMILES string of the molecule is CCN(C(=O)c1ccc(NC2=C(Cl)C(=O)N(c3ccc(C)c(C)c3)C2=O)cc1)c1ccccc1. The van der Waals surface area contributed by atoms with Gasteiger partial charge in [-0.25, -0.2) is 4.90 Å². The molecule has 3 aromatic rings. The van der Waals surface area contributed by atoms with Gasteiger partial charge in [0.15, 0.2) is 0 Å². The molecule has 6 nitrogen and oxygen atoms in total. The summed E-state index contributed by atoms with van der Waals surface area (Å²) >= 11 is 6.24. The summed E-state index contributed by atoms with van der Waals surface area (Å²) in [5.41, 5.74) is 4.35. The Balaban J connectivity index is 1.53. The molecule has 1 aliphatic rings. The van der Waals surface area contributed by atoms with E-state index in [1.807, 2.05) is 57.2 Å². The van der Waals surface area contributed by atoms with E-state index in [1.165, 1.54) is 0 Å². The Morgan fingerprint density at radius 3 is 2.21 bits per heavy atom. The summed E-state index contributed by atoms with van der Waals surface area (Å²) in [4.78, 5) is 41.5. The lowest BCUT2D eigenvalue weighted by molar-refractivity contribution is -0.120. The highest BCUT2D eigenvalue weighted by Crippen LogP contribution is 2.31. The first kappa shape index (κ1) is 23.3. The molecule has 0 fully saturated rings. The van der Waals surface area contributed by atoms with Gasteiger partial charge in [0.1, 0.15) is 10.7 Å². The number of hydrogen-bond donors (Lipinski definition) is 1. The van der Waals surface area contributed by atoms with Crippen LogP contribution < -0.4 is 15.1 Å². The topological polar surface area (TPSA) is 69.7 Å². The number of halogens is 1. The summed E-state index contributed by atoms with van der Waals surface area (Å²) in [6, 6.07) is 21.5.